The molecular formula is C22H37NO9. The van der Waals surface area contributed by atoms with E-state index < -0.39 is 0 Å². The molecule has 10 nitrogen and oxygen atoms in total. The number of hydrogen-bond donors (Lipinski definition) is 0. The molecule has 0 radical (unpaired) electrons. The first kappa shape index (κ1) is 28.2. The van der Waals surface area contributed by atoms with Gasteiger partial charge in [0.15, 0.2) is 0 Å². The number of nitrogens with zero attached hydrogens (tertiary/aromatic N) is 1. The van der Waals surface area contributed by atoms with Gasteiger partial charge >= 0.3 is 5.97 Å². The van der Waals surface area contributed by atoms with Crippen LogP contribution in [-0.4, -0.2) is 102 Å². The number of unbranched alkanes of at least 4 members (excludes halogenated alkanes) is 2. The van der Waals surface area contributed by atoms with Crippen molar-refractivity contribution in [1.29, 1.82) is 0 Å². The molecule has 32 heavy (non-hydrogen) atoms. The number of esters is 1. The van der Waals surface area contributed by atoms with Gasteiger partial charge < -0.3 is 28.4 Å². The van der Waals surface area contributed by atoms with Gasteiger partial charge in [-0.2, -0.15) is 0 Å². The molecule has 1 aliphatic rings. The van der Waals surface area contributed by atoms with Gasteiger partial charge in [-0.15, -0.1) is 0 Å². The number of amides is 2. The van der Waals surface area contributed by atoms with Crippen molar-refractivity contribution in [2.75, 3.05) is 79.2 Å². The summed E-state index contributed by atoms with van der Waals surface area (Å²) in [5.41, 5.74) is 0. The summed E-state index contributed by atoms with van der Waals surface area (Å²) < 4.78 is 31.9. The molecule has 10 heteroatoms. The van der Waals surface area contributed by atoms with Crippen LogP contribution in [0.15, 0.2) is 12.2 Å². The van der Waals surface area contributed by atoms with Crippen LogP contribution in [0.1, 0.15) is 32.6 Å². The number of ether oxygens (including phenoxy) is 6. The van der Waals surface area contributed by atoms with Gasteiger partial charge in [0, 0.05) is 18.6 Å². The molecule has 0 saturated heterocycles. The molecule has 0 unspecified atom stereocenters. The van der Waals surface area contributed by atoms with Crippen LogP contribution in [0.5, 0.6) is 0 Å². The summed E-state index contributed by atoms with van der Waals surface area (Å²) in [6.45, 7) is 6.74. The standard InChI is InChI=1S/C22H37NO9/c1-2-3-4-5-22(26)32-19-18-31-17-16-30-15-14-29-13-12-28-11-10-27-9-8-23-20(24)6-7-21(23)25/h6-7H,2-5,8-19H2,1H3. The molecule has 184 valence electrons. The van der Waals surface area contributed by atoms with E-state index >= 15 is 0 Å². The van der Waals surface area contributed by atoms with Gasteiger partial charge in [0.2, 0.25) is 0 Å². The minimum atomic E-state index is -0.306. The molecular weight excluding hydrogens is 422 g/mol. The highest BCUT2D eigenvalue weighted by Gasteiger charge is 2.22. The summed E-state index contributed by atoms with van der Waals surface area (Å²) in [5.74, 6) is -0.781. The van der Waals surface area contributed by atoms with Crippen molar-refractivity contribution in [3.8, 4) is 0 Å². The third-order valence-corrected chi connectivity index (χ3v) is 4.32. The Morgan fingerprint density at radius 3 is 1.59 bits per heavy atom. The van der Waals surface area contributed by atoms with E-state index in [0.29, 0.717) is 65.9 Å². The van der Waals surface area contributed by atoms with Gasteiger partial charge in [-0.3, -0.25) is 19.3 Å². The number of imide groups is 1. The number of hydrogen-bond acceptors (Lipinski definition) is 9. The molecule has 0 bridgehead atoms. The van der Waals surface area contributed by atoms with Crippen molar-refractivity contribution < 1.29 is 42.8 Å². The van der Waals surface area contributed by atoms with Crippen LogP contribution in [0.25, 0.3) is 0 Å². The van der Waals surface area contributed by atoms with Crippen molar-refractivity contribution in [3.63, 3.8) is 0 Å². The monoisotopic (exact) mass is 459 g/mol. The van der Waals surface area contributed by atoms with Crippen molar-refractivity contribution >= 4 is 17.8 Å². The van der Waals surface area contributed by atoms with E-state index in [4.69, 9.17) is 28.4 Å². The van der Waals surface area contributed by atoms with Gasteiger partial charge in [0.1, 0.15) is 6.61 Å². The zero-order chi connectivity index (χ0) is 23.3. The van der Waals surface area contributed by atoms with Crippen LogP contribution in [0.3, 0.4) is 0 Å². The highest BCUT2D eigenvalue weighted by Crippen LogP contribution is 2.02. The fourth-order valence-electron chi connectivity index (χ4n) is 2.60. The summed E-state index contributed by atoms with van der Waals surface area (Å²) in [6, 6.07) is 0. The van der Waals surface area contributed by atoms with E-state index in [2.05, 4.69) is 6.92 Å². The quantitative estimate of drug-likeness (QED) is 0.134. The van der Waals surface area contributed by atoms with Crippen molar-refractivity contribution in [2.24, 2.45) is 0 Å². The van der Waals surface area contributed by atoms with E-state index in [-0.39, 0.29) is 37.5 Å². The number of carbonyl (C=O) groups excluding carboxylic acids is 3. The third-order valence-electron chi connectivity index (χ3n) is 4.32. The van der Waals surface area contributed by atoms with Crippen LogP contribution in [0, 0.1) is 0 Å². The maximum Gasteiger partial charge on any atom is 0.305 e. The molecule has 0 aromatic carbocycles. The largest absolute Gasteiger partial charge is 0.463 e. The van der Waals surface area contributed by atoms with E-state index in [1.54, 1.807) is 0 Å². The molecule has 0 aromatic heterocycles. The lowest BCUT2D eigenvalue weighted by atomic mass is 10.2. The zero-order valence-corrected chi connectivity index (χ0v) is 19.1. The SMILES string of the molecule is CCCCCC(=O)OCCOCCOCCOCCOCCOCCN1C(=O)C=CC1=O. The molecule has 0 aromatic rings. The maximum atomic E-state index is 11.4. The molecule has 0 spiro atoms. The molecule has 1 rings (SSSR count). The summed E-state index contributed by atoms with van der Waals surface area (Å²) in [5, 5.41) is 0. The molecule has 1 aliphatic heterocycles. The Labute approximate surface area is 190 Å². The zero-order valence-electron chi connectivity index (χ0n) is 19.1. The van der Waals surface area contributed by atoms with Crippen molar-refractivity contribution in [3.05, 3.63) is 12.2 Å². The van der Waals surface area contributed by atoms with Gasteiger partial charge in [0.05, 0.1) is 72.6 Å². The Morgan fingerprint density at radius 1 is 0.688 bits per heavy atom. The first-order valence-corrected chi connectivity index (χ1v) is 11.2. The van der Waals surface area contributed by atoms with E-state index in [1.807, 2.05) is 0 Å². The first-order valence-electron chi connectivity index (χ1n) is 11.2. The highest BCUT2D eigenvalue weighted by molar-refractivity contribution is 6.12. The predicted molar refractivity (Wildman–Crippen MR) is 115 cm³/mol. The van der Waals surface area contributed by atoms with E-state index in [9.17, 15) is 14.4 Å². The fraction of sp³-hybridized carbons (Fsp3) is 0.773. The topological polar surface area (TPSA) is 110 Å². The second-order valence-corrected chi connectivity index (χ2v) is 6.90. The predicted octanol–water partition coefficient (Wildman–Crippen LogP) is 1.12. The molecule has 0 atom stereocenters. The Kier molecular flexibility index (Phi) is 17.4. The molecule has 0 fully saturated rings. The smallest absolute Gasteiger partial charge is 0.305 e. The van der Waals surface area contributed by atoms with E-state index in [1.165, 1.54) is 12.2 Å². The normalized spacial score (nSPS) is 13.3. The fourth-order valence-corrected chi connectivity index (χ4v) is 2.60. The lowest BCUT2D eigenvalue weighted by Crippen LogP contribution is -2.33. The summed E-state index contributed by atoms with van der Waals surface area (Å²) >= 11 is 0. The van der Waals surface area contributed by atoms with Gasteiger partial charge in [-0.1, -0.05) is 19.8 Å². The average molecular weight is 460 g/mol. The second kappa shape index (κ2) is 19.8. The van der Waals surface area contributed by atoms with Gasteiger partial charge in [-0.25, -0.2) is 0 Å². The molecule has 0 aliphatic carbocycles. The minimum Gasteiger partial charge on any atom is -0.463 e. The Morgan fingerprint density at radius 2 is 1.12 bits per heavy atom. The first-order chi connectivity index (χ1) is 15.6. The van der Waals surface area contributed by atoms with Gasteiger partial charge in [-0.05, 0) is 6.42 Å². The lowest BCUT2D eigenvalue weighted by Gasteiger charge is -2.13. The molecule has 0 N–H and O–H groups in total. The number of carbonyl (C=O) groups is 3. The molecule has 0 saturated carbocycles. The third kappa shape index (κ3) is 15.0. The van der Waals surface area contributed by atoms with Crippen LogP contribution >= 0.6 is 0 Å². The molecule has 1 heterocycles. The van der Waals surface area contributed by atoms with Crippen LogP contribution < -0.4 is 0 Å². The minimum absolute atomic E-state index is 0.169. The average Bonchev–Trinajstić information content (AvgIpc) is 3.10. The maximum absolute atomic E-state index is 11.4. The van der Waals surface area contributed by atoms with Gasteiger partial charge in [0.25, 0.3) is 11.8 Å². The van der Waals surface area contributed by atoms with Crippen LogP contribution in [0.4, 0.5) is 0 Å². The van der Waals surface area contributed by atoms with Crippen molar-refractivity contribution in [1.82, 2.24) is 4.90 Å². The Hall–Kier alpha value is -1.85. The Bertz CT molecular complexity index is 536. The lowest BCUT2D eigenvalue weighted by molar-refractivity contribution is -0.145. The van der Waals surface area contributed by atoms with E-state index in [0.717, 1.165) is 24.2 Å². The number of rotatable bonds is 22. The van der Waals surface area contributed by atoms with Crippen LogP contribution in [-0.2, 0) is 42.8 Å². The van der Waals surface area contributed by atoms with Crippen molar-refractivity contribution in [2.45, 2.75) is 32.6 Å². The second-order valence-electron chi connectivity index (χ2n) is 6.90. The summed E-state index contributed by atoms with van der Waals surface area (Å²) in [4.78, 5) is 35.2. The summed E-state index contributed by atoms with van der Waals surface area (Å²) in [7, 11) is 0. The highest BCUT2D eigenvalue weighted by atomic mass is 16.6. The molecule has 2 amide bonds. The Balaban J connectivity index is 1.71. The summed E-state index contributed by atoms with van der Waals surface area (Å²) in [6.07, 6.45) is 5.97. The van der Waals surface area contributed by atoms with Crippen LogP contribution in [0.2, 0.25) is 0 Å².